The number of carbonyl (C=O) groups is 1. The molecule has 0 unspecified atom stereocenters. The summed E-state index contributed by atoms with van der Waals surface area (Å²) in [6.45, 7) is 3.97. The van der Waals surface area contributed by atoms with E-state index in [-0.39, 0.29) is 11.9 Å². The lowest BCUT2D eigenvalue weighted by molar-refractivity contribution is -0.130. The Balaban J connectivity index is 1.94. The molecule has 7 heteroatoms. The van der Waals surface area contributed by atoms with E-state index in [4.69, 9.17) is 0 Å². The zero-order valence-corrected chi connectivity index (χ0v) is 13.0. The Hall–Kier alpha value is -0.660. The molecule has 2 saturated heterocycles. The van der Waals surface area contributed by atoms with Gasteiger partial charge in [-0.2, -0.15) is 17.4 Å². The summed E-state index contributed by atoms with van der Waals surface area (Å²) >= 11 is 0. The van der Waals surface area contributed by atoms with Crippen LogP contribution in [0, 0.1) is 0 Å². The number of amides is 1. The second kappa shape index (κ2) is 6.87. The third kappa shape index (κ3) is 4.17. The minimum atomic E-state index is -3.41. The van der Waals surface area contributed by atoms with Gasteiger partial charge in [0.25, 0.3) is 10.2 Å². The quantitative estimate of drug-likeness (QED) is 0.835. The van der Waals surface area contributed by atoms with Crippen LogP contribution in [0.1, 0.15) is 45.4 Å². The molecule has 0 saturated carbocycles. The minimum Gasteiger partial charge on any atom is -0.341 e. The molecule has 2 rings (SSSR count). The van der Waals surface area contributed by atoms with E-state index in [0.29, 0.717) is 19.6 Å². The molecular weight excluding hydrogens is 278 g/mol. The molecule has 2 fully saturated rings. The van der Waals surface area contributed by atoms with E-state index in [1.165, 1.54) is 6.92 Å². The third-order valence-electron chi connectivity index (χ3n) is 4.09. The standard InChI is InChI=1S/C13H25N3O3S/c1-12(17)15-8-6-7-13(11-15)14-20(18,19)16-9-4-2-3-5-10-16/h13-14H,2-11H2,1H3/t13-/m1/s1. The first-order valence-electron chi connectivity index (χ1n) is 7.52. The van der Waals surface area contributed by atoms with Gasteiger partial charge in [0.15, 0.2) is 0 Å². The average molecular weight is 303 g/mol. The summed E-state index contributed by atoms with van der Waals surface area (Å²) in [6, 6.07) is -0.152. The van der Waals surface area contributed by atoms with Crippen molar-refractivity contribution >= 4 is 16.1 Å². The van der Waals surface area contributed by atoms with Gasteiger partial charge >= 0.3 is 0 Å². The van der Waals surface area contributed by atoms with E-state index in [1.54, 1.807) is 9.21 Å². The van der Waals surface area contributed by atoms with Crippen LogP contribution in [-0.2, 0) is 15.0 Å². The average Bonchev–Trinajstić information content (AvgIpc) is 2.67. The van der Waals surface area contributed by atoms with Gasteiger partial charge in [0, 0.05) is 39.1 Å². The van der Waals surface area contributed by atoms with Crippen LogP contribution in [0.2, 0.25) is 0 Å². The molecule has 0 spiro atoms. The molecule has 20 heavy (non-hydrogen) atoms. The molecule has 1 atom stereocenters. The monoisotopic (exact) mass is 303 g/mol. The summed E-state index contributed by atoms with van der Waals surface area (Å²) < 4.78 is 29.1. The van der Waals surface area contributed by atoms with Crippen molar-refractivity contribution < 1.29 is 13.2 Å². The molecule has 0 aliphatic carbocycles. The van der Waals surface area contributed by atoms with Crippen molar-refractivity contribution in [3.8, 4) is 0 Å². The molecule has 0 bridgehead atoms. The Labute approximate surface area is 121 Å². The zero-order chi connectivity index (χ0) is 14.6. The number of nitrogens with zero attached hydrogens (tertiary/aromatic N) is 2. The van der Waals surface area contributed by atoms with Crippen molar-refractivity contribution in [3.05, 3.63) is 0 Å². The van der Waals surface area contributed by atoms with Crippen molar-refractivity contribution in [1.82, 2.24) is 13.9 Å². The van der Waals surface area contributed by atoms with Gasteiger partial charge in [0.1, 0.15) is 0 Å². The van der Waals surface area contributed by atoms with E-state index in [2.05, 4.69) is 4.72 Å². The summed E-state index contributed by atoms with van der Waals surface area (Å²) in [7, 11) is -3.41. The van der Waals surface area contributed by atoms with Crippen molar-refractivity contribution in [2.24, 2.45) is 0 Å². The van der Waals surface area contributed by atoms with Crippen molar-refractivity contribution in [3.63, 3.8) is 0 Å². The Morgan fingerprint density at radius 1 is 1.05 bits per heavy atom. The lowest BCUT2D eigenvalue weighted by Gasteiger charge is -2.33. The summed E-state index contributed by atoms with van der Waals surface area (Å²) in [5, 5.41) is 0. The van der Waals surface area contributed by atoms with Crippen LogP contribution < -0.4 is 4.72 Å². The second-order valence-electron chi connectivity index (χ2n) is 5.74. The molecule has 116 valence electrons. The highest BCUT2D eigenvalue weighted by molar-refractivity contribution is 7.87. The fourth-order valence-electron chi connectivity index (χ4n) is 2.93. The normalized spacial score (nSPS) is 26.2. The molecule has 2 aliphatic heterocycles. The van der Waals surface area contributed by atoms with Crippen LogP contribution in [0.3, 0.4) is 0 Å². The van der Waals surface area contributed by atoms with Gasteiger partial charge in [-0.05, 0) is 25.7 Å². The minimum absolute atomic E-state index is 0.0173. The molecule has 2 aliphatic rings. The van der Waals surface area contributed by atoms with Gasteiger partial charge in [-0.1, -0.05) is 12.8 Å². The van der Waals surface area contributed by atoms with Gasteiger partial charge in [-0.25, -0.2) is 0 Å². The number of hydrogen-bond acceptors (Lipinski definition) is 3. The molecular formula is C13H25N3O3S. The first-order valence-corrected chi connectivity index (χ1v) is 8.96. The highest BCUT2D eigenvalue weighted by atomic mass is 32.2. The number of carbonyl (C=O) groups excluding carboxylic acids is 1. The molecule has 0 radical (unpaired) electrons. The second-order valence-corrected chi connectivity index (χ2v) is 7.44. The molecule has 1 N–H and O–H groups in total. The Bertz CT molecular complexity index is 430. The zero-order valence-electron chi connectivity index (χ0n) is 12.2. The third-order valence-corrected chi connectivity index (χ3v) is 5.76. The lowest BCUT2D eigenvalue weighted by Crippen LogP contribution is -2.52. The van der Waals surface area contributed by atoms with Crippen LogP contribution >= 0.6 is 0 Å². The van der Waals surface area contributed by atoms with E-state index >= 15 is 0 Å². The van der Waals surface area contributed by atoms with Crippen molar-refractivity contribution in [1.29, 1.82) is 0 Å². The van der Waals surface area contributed by atoms with Crippen LogP contribution in [0.25, 0.3) is 0 Å². The van der Waals surface area contributed by atoms with E-state index in [0.717, 1.165) is 45.1 Å². The predicted molar refractivity (Wildman–Crippen MR) is 77.4 cm³/mol. The summed E-state index contributed by atoms with van der Waals surface area (Å²) in [4.78, 5) is 13.1. The highest BCUT2D eigenvalue weighted by Crippen LogP contribution is 2.15. The van der Waals surface area contributed by atoms with E-state index < -0.39 is 10.2 Å². The summed E-state index contributed by atoms with van der Waals surface area (Å²) in [5.74, 6) is 0.0173. The molecule has 1 amide bonds. The van der Waals surface area contributed by atoms with E-state index in [1.807, 2.05) is 0 Å². The molecule has 6 nitrogen and oxygen atoms in total. The summed E-state index contributed by atoms with van der Waals surface area (Å²) in [5.41, 5.74) is 0. The van der Waals surface area contributed by atoms with Crippen LogP contribution in [0.4, 0.5) is 0 Å². The van der Waals surface area contributed by atoms with Gasteiger partial charge in [-0.3, -0.25) is 4.79 Å². The first-order chi connectivity index (χ1) is 9.49. The van der Waals surface area contributed by atoms with Gasteiger partial charge in [0.2, 0.25) is 5.91 Å². The number of likely N-dealkylation sites (tertiary alicyclic amines) is 1. The fraction of sp³-hybridized carbons (Fsp3) is 0.923. The van der Waals surface area contributed by atoms with Gasteiger partial charge in [-0.15, -0.1) is 0 Å². The van der Waals surface area contributed by atoms with Crippen LogP contribution in [0.5, 0.6) is 0 Å². The maximum Gasteiger partial charge on any atom is 0.279 e. The Kier molecular flexibility index (Phi) is 5.40. The number of hydrogen-bond donors (Lipinski definition) is 1. The number of rotatable bonds is 3. The molecule has 0 aromatic rings. The molecule has 2 heterocycles. The molecule has 0 aromatic carbocycles. The summed E-state index contributed by atoms with van der Waals surface area (Å²) in [6.07, 6.45) is 5.74. The maximum absolute atomic E-state index is 12.4. The lowest BCUT2D eigenvalue weighted by atomic mass is 10.1. The van der Waals surface area contributed by atoms with Crippen LogP contribution in [-0.4, -0.2) is 55.8 Å². The fourth-order valence-corrected chi connectivity index (χ4v) is 4.43. The number of nitrogens with one attached hydrogen (secondary N) is 1. The van der Waals surface area contributed by atoms with Crippen LogP contribution in [0.15, 0.2) is 0 Å². The first kappa shape index (κ1) is 15.7. The maximum atomic E-state index is 12.4. The van der Waals surface area contributed by atoms with Gasteiger partial charge < -0.3 is 4.90 Å². The smallest absolute Gasteiger partial charge is 0.279 e. The van der Waals surface area contributed by atoms with Crippen molar-refractivity contribution in [2.45, 2.75) is 51.5 Å². The predicted octanol–water partition coefficient (Wildman–Crippen LogP) is 0.708. The largest absolute Gasteiger partial charge is 0.341 e. The molecule has 0 aromatic heterocycles. The van der Waals surface area contributed by atoms with Gasteiger partial charge in [0.05, 0.1) is 0 Å². The number of piperidine rings is 1. The van der Waals surface area contributed by atoms with E-state index in [9.17, 15) is 13.2 Å². The highest BCUT2D eigenvalue weighted by Gasteiger charge is 2.29. The Morgan fingerprint density at radius 3 is 2.30 bits per heavy atom. The SMILES string of the molecule is CC(=O)N1CCC[C@@H](NS(=O)(=O)N2CCCCCC2)C1. The topological polar surface area (TPSA) is 69.7 Å². The van der Waals surface area contributed by atoms with Crippen molar-refractivity contribution in [2.75, 3.05) is 26.2 Å². The Morgan fingerprint density at radius 2 is 1.70 bits per heavy atom.